The number of nitrogens with one attached hydrogen (secondary N) is 3. The monoisotopic (exact) mass is 235 g/mol. The zero-order valence-electron chi connectivity index (χ0n) is 10.1. The molecule has 1 unspecified atom stereocenters. The number of carbonyl (C=O) groups excluding carboxylic acids is 1. The van der Waals surface area contributed by atoms with Crippen molar-refractivity contribution < 1.29 is 4.79 Å². The molecule has 0 bridgehead atoms. The van der Waals surface area contributed by atoms with Crippen LogP contribution in [0, 0.1) is 6.92 Å². The minimum Gasteiger partial charge on any atom is -0.373 e. The smallest absolute Gasteiger partial charge is 0.220 e. The number of aryl methyl sites for hydroxylation is 1. The summed E-state index contributed by atoms with van der Waals surface area (Å²) in [4.78, 5) is 19.5. The van der Waals surface area contributed by atoms with Gasteiger partial charge in [0.1, 0.15) is 17.5 Å². The van der Waals surface area contributed by atoms with Gasteiger partial charge in [-0.15, -0.1) is 0 Å². The van der Waals surface area contributed by atoms with E-state index in [9.17, 15) is 4.79 Å². The Morgan fingerprint density at radius 1 is 1.47 bits per heavy atom. The molecule has 0 spiro atoms. The van der Waals surface area contributed by atoms with E-state index in [4.69, 9.17) is 0 Å². The lowest BCUT2D eigenvalue weighted by Gasteiger charge is -2.12. The number of rotatable bonds is 4. The van der Waals surface area contributed by atoms with E-state index in [1.165, 1.54) is 0 Å². The van der Waals surface area contributed by atoms with Crippen molar-refractivity contribution in [3.05, 3.63) is 11.9 Å². The number of anilines is 2. The number of carbonyl (C=O) groups is 1. The normalized spacial score (nSPS) is 18.9. The predicted octanol–water partition coefficient (Wildman–Crippen LogP) is 0.517. The molecule has 1 saturated heterocycles. The van der Waals surface area contributed by atoms with Crippen molar-refractivity contribution in [1.29, 1.82) is 0 Å². The van der Waals surface area contributed by atoms with E-state index >= 15 is 0 Å². The second-order valence-electron chi connectivity index (χ2n) is 4.12. The molecule has 0 saturated carbocycles. The van der Waals surface area contributed by atoms with Crippen molar-refractivity contribution in [2.45, 2.75) is 25.8 Å². The van der Waals surface area contributed by atoms with Gasteiger partial charge < -0.3 is 16.0 Å². The van der Waals surface area contributed by atoms with E-state index in [1.54, 1.807) is 0 Å². The number of nitrogens with zero attached hydrogens (tertiary/aromatic N) is 2. The van der Waals surface area contributed by atoms with Gasteiger partial charge >= 0.3 is 0 Å². The van der Waals surface area contributed by atoms with E-state index in [2.05, 4.69) is 25.9 Å². The van der Waals surface area contributed by atoms with Gasteiger partial charge in [-0.1, -0.05) is 0 Å². The summed E-state index contributed by atoms with van der Waals surface area (Å²) >= 11 is 0. The standard InChI is InChI=1S/C11H17N5O/c1-7-14-9(12-2)5-10(15-7)13-6-8-3-4-11(17)16-8/h5,8H,3-4,6H2,1-2H3,(H,16,17)(H2,12,13,14,15). The molecule has 1 aromatic heterocycles. The predicted molar refractivity (Wildman–Crippen MR) is 66.0 cm³/mol. The van der Waals surface area contributed by atoms with E-state index in [0.29, 0.717) is 13.0 Å². The molecular weight excluding hydrogens is 218 g/mol. The molecule has 0 radical (unpaired) electrons. The number of amides is 1. The average Bonchev–Trinajstić information content (AvgIpc) is 2.72. The van der Waals surface area contributed by atoms with Gasteiger partial charge in [-0.05, 0) is 13.3 Å². The van der Waals surface area contributed by atoms with Crippen LogP contribution in [0.5, 0.6) is 0 Å². The minimum atomic E-state index is 0.131. The largest absolute Gasteiger partial charge is 0.373 e. The van der Waals surface area contributed by atoms with Gasteiger partial charge in [-0.3, -0.25) is 4.79 Å². The lowest BCUT2D eigenvalue weighted by Crippen LogP contribution is -2.32. The fourth-order valence-corrected chi connectivity index (χ4v) is 1.84. The zero-order chi connectivity index (χ0) is 12.3. The lowest BCUT2D eigenvalue weighted by atomic mass is 10.2. The number of hydrogen-bond acceptors (Lipinski definition) is 5. The summed E-state index contributed by atoms with van der Waals surface area (Å²) in [7, 11) is 1.82. The summed E-state index contributed by atoms with van der Waals surface area (Å²) in [5.74, 6) is 2.42. The maximum atomic E-state index is 11.0. The van der Waals surface area contributed by atoms with Crippen LogP contribution in [0.3, 0.4) is 0 Å². The minimum absolute atomic E-state index is 0.131. The van der Waals surface area contributed by atoms with Crippen LogP contribution >= 0.6 is 0 Å². The van der Waals surface area contributed by atoms with Crippen LogP contribution in [0.15, 0.2) is 6.07 Å². The highest BCUT2D eigenvalue weighted by Crippen LogP contribution is 2.12. The molecule has 1 aliphatic rings. The first-order valence-corrected chi connectivity index (χ1v) is 5.74. The second-order valence-corrected chi connectivity index (χ2v) is 4.12. The number of hydrogen-bond donors (Lipinski definition) is 3. The Morgan fingerprint density at radius 2 is 2.24 bits per heavy atom. The van der Waals surface area contributed by atoms with Crippen LogP contribution in [0.25, 0.3) is 0 Å². The van der Waals surface area contributed by atoms with Gasteiger partial charge in [0, 0.05) is 32.1 Å². The lowest BCUT2D eigenvalue weighted by molar-refractivity contribution is -0.119. The SMILES string of the molecule is CNc1cc(NCC2CCC(=O)N2)nc(C)n1. The third-order valence-electron chi connectivity index (χ3n) is 2.71. The van der Waals surface area contributed by atoms with Crippen LogP contribution in [0.1, 0.15) is 18.7 Å². The van der Waals surface area contributed by atoms with Gasteiger partial charge in [0.05, 0.1) is 0 Å². The molecule has 3 N–H and O–H groups in total. The van der Waals surface area contributed by atoms with Crippen LogP contribution < -0.4 is 16.0 Å². The molecule has 2 heterocycles. The zero-order valence-corrected chi connectivity index (χ0v) is 10.1. The third kappa shape index (κ3) is 3.05. The summed E-state index contributed by atoms with van der Waals surface area (Å²) in [6, 6.07) is 2.06. The summed E-state index contributed by atoms with van der Waals surface area (Å²) in [5, 5.41) is 9.11. The van der Waals surface area contributed by atoms with Crippen LogP contribution in [0.2, 0.25) is 0 Å². The first-order valence-electron chi connectivity index (χ1n) is 5.74. The molecule has 0 aliphatic carbocycles. The molecule has 2 rings (SSSR count). The maximum Gasteiger partial charge on any atom is 0.220 e. The van der Waals surface area contributed by atoms with Crippen molar-refractivity contribution in [3.8, 4) is 0 Å². The number of aromatic nitrogens is 2. The van der Waals surface area contributed by atoms with Crippen molar-refractivity contribution in [2.24, 2.45) is 0 Å². The fourth-order valence-electron chi connectivity index (χ4n) is 1.84. The summed E-state index contributed by atoms with van der Waals surface area (Å²) < 4.78 is 0. The van der Waals surface area contributed by atoms with E-state index < -0.39 is 0 Å². The van der Waals surface area contributed by atoms with Crippen LogP contribution in [0.4, 0.5) is 11.6 Å². The van der Waals surface area contributed by atoms with Crippen LogP contribution in [-0.2, 0) is 4.79 Å². The Bertz CT molecular complexity index is 420. The van der Waals surface area contributed by atoms with Crippen LogP contribution in [-0.4, -0.2) is 35.5 Å². The Labute approximate surface area is 100 Å². The highest BCUT2D eigenvalue weighted by Gasteiger charge is 2.20. The van der Waals surface area contributed by atoms with Gasteiger partial charge in [0.15, 0.2) is 0 Å². The van der Waals surface area contributed by atoms with E-state index in [1.807, 2.05) is 20.0 Å². The third-order valence-corrected chi connectivity index (χ3v) is 2.71. The molecule has 17 heavy (non-hydrogen) atoms. The molecule has 1 aliphatic heterocycles. The highest BCUT2D eigenvalue weighted by molar-refractivity contribution is 5.78. The maximum absolute atomic E-state index is 11.0. The molecule has 92 valence electrons. The molecule has 1 amide bonds. The topological polar surface area (TPSA) is 78.9 Å². The van der Waals surface area contributed by atoms with Crippen molar-refractivity contribution >= 4 is 17.5 Å². The molecule has 1 fully saturated rings. The average molecular weight is 235 g/mol. The van der Waals surface area contributed by atoms with E-state index in [0.717, 1.165) is 23.9 Å². The van der Waals surface area contributed by atoms with Gasteiger partial charge in [-0.25, -0.2) is 9.97 Å². The molecule has 1 aromatic rings. The van der Waals surface area contributed by atoms with E-state index in [-0.39, 0.29) is 11.9 Å². The highest BCUT2D eigenvalue weighted by atomic mass is 16.1. The fraction of sp³-hybridized carbons (Fsp3) is 0.545. The first-order chi connectivity index (χ1) is 8.17. The Hall–Kier alpha value is -1.85. The molecular formula is C11H17N5O. The Balaban J connectivity index is 1.94. The molecule has 1 atom stereocenters. The molecule has 6 heteroatoms. The van der Waals surface area contributed by atoms with Gasteiger partial charge in [0.2, 0.25) is 5.91 Å². The Morgan fingerprint density at radius 3 is 2.88 bits per heavy atom. The second kappa shape index (κ2) is 4.99. The molecule has 6 nitrogen and oxygen atoms in total. The quantitative estimate of drug-likeness (QED) is 0.709. The summed E-state index contributed by atoms with van der Waals surface area (Å²) in [6.07, 6.45) is 1.51. The first kappa shape index (κ1) is 11.6. The Kier molecular flexibility index (Phi) is 3.41. The summed E-state index contributed by atoms with van der Waals surface area (Å²) in [5.41, 5.74) is 0. The van der Waals surface area contributed by atoms with Gasteiger partial charge in [0.25, 0.3) is 0 Å². The molecule has 0 aromatic carbocycles. The van der Waals surface area contributed by atoms with Crippen molar-refractivity contribution in [1.82, 2.24) is 15.3 Å². The summed E-state index contributed by atoms with van der Waals surface area (Å²) in [6.45, 7) is 2.55. The van der Waals surface area contributed by atoms with Crippen molar-refractivity contribution in [3.63, 3.8) is 0 Å². The van der Waals surface area contributed by atoms with Gasteiger partial charge in [-0.2, -0.15) is 0 Å². The van der Waals surface area contributed by atoms with Crippen molar-refractivity contribution in [2.75, 3.05) is 24.2 Å².